The zero-order chi connectivity index (χ0) is 21.2. The fourth-order valence-electron chi connectivity index (χ4n) is 2.63. The molecule has 0 aliphatic carbocycles. The molecule has 0 fully saturated rings. The molecule has 0 saturated heterocycles. The van der Waals surface area contributed by atoms with Crippen molar-refractivity contribution < 1.29 is 13.2 Å². The first kappa shape index (κ1) is 21.2. The van der Waals surface area contributed by atoms with Crippen LogP contribution in [0.3, 0.4) is 0 Å². The Kier molecular flexibility index (Phi) is 6.21. The predicted octanol–water partition coefficient (Wildman–Crippen LogP) is 4.68. The molecule has 10 heteroatoms. The van der Waals surface area contributed by atoms with E-state index in [-0.39, 0.29) is 15.4 Å². The van der Waals surface area contributed by atoms with Gasteiger partial charge in [-0.05, 0) is 48.2 Å². The molecule has 3 aromatic rings. The maximum atomic E-state index is 12.8. The largest absolute Gasteiger partial charge is 0.296 e. The molecule has 1 amide bonds. The second kappa shape index (κ2) is 8.48. The van der Waals surface area contributed by atoms with E-state index in [9.17, 15) is 13.2 Å². The van der Waals surface area contributed by atoms with Gasteiger partial charge in [-0.2, -0.15) is 8.42 Å². The van der Waals surface area contributed by atoms with Gasteiger partial charge in [0.25, 0.3) is 20.3 Å². The summed E-state index contributed by atoms with van der Waals surface area (Å²) < 4.78 is 28.0. The number of carbonyl (C=O) groups is 1. The van der Waals surface area contributed by atoms with Gasteiger partial charge < -0.3 is 0 Å². The van der Waals surface area contributed by atoms with Crippen LogP contribution in [0.25, 0.3) is 0 Å². The average molecular weight is 451 g/mol. The lowest BCUT2D eigenvalue weighted by atomic mass is 9.99. The number of nitrogens with one attached hydrogen (secondary N) is 2. The van der Waals surface area contributed by atoms with Crippen molar-refractivity contribution >= 4 is 49.7 Å². The molecule has 0 unspecified atom stereocenters. The Labute approximate surface area is 178 Å². The first-order chi connectivity index (χ1) is 13.7. The number of halogens is 1. The highest BCUT2D eigenvalue weighted by molar-refractivity contribution is 7.94. The maximum absolute atomic E-state index is 12.8. The quantitative estimate of drug-likeness (QED) is 0.531. The monoisotopic (exact) mass is 450 g/mol. The molecule has 0 radical (unpaired) electrons. The number of rotatable bonds is 6. The van der Waals surface area contributed by atoms with Crippen molar-refractivity contribution in [2.75, 3.05) is 10.0 Å². The van der Waals surface area contributed by atoms with Crippen molar-refractivity contribution in [1.29, 1.82) is 0 Å². The number of benzene rings is 2. The number of hydrogen-bond acceptors (Lipinski definition) is 6. The predicted molar refractivity (Wildman–Crippen MR) is 115 cm³/mol. The summed E-state index contributed by atoms with van der Waals surface area (Å²) in [5, 5.41) is 10.6. The van der Waals surface area contributed by atoms with Crippen LogP contribution in [0.1, 0.15) is 41.3 Å². The zero-order valence-electron chi connectivity index (χ0n) is 15.9. The normalized spacial score (nSPS) is 11.5. The standard InChI is InChI=1S/C19H19ClN4O3S2/c1-11(2)15-6-4-5-12(3)16(15)24-29(26,27)19-23-22-18(28-19)21-17(25)13-7-9-14(20)10-8-13/h4-11,24H,1-3H3,(H,21,22,25). The van der Waals surface area contributed by atoms with Crippen molar-refractivity contribution in [2.45, 2.75) is 31.0 Å². The number of aryl methyl sites for hydroxylation is 1. The number of hydrogen-bond donors (Lipinski definition) is 2. The molecule has 0 bridgehead atoms. The fraction of sp³-hybridized carbons (Fsp3) is 0.211. The van der Waals surface area contributed by atoms with Gasteiger partial charge in [0.15, 0.2) is 0 Å². The first-order valence-electron chi connectivity index (χ1n) is 8.70. The van der Waals surface area contributed by atoms with E-state index < -0.39 is 15.9 Å². The van der Waals surface area contributed by atoms with E-state index in [2.05, 4.69) is 20.2 Å². The summed E-state index contributed by atoms with van der Waals surface area (Å²) in [4.78, 5) is 12.3. The molecule has 29 heavy (non-hydrogen) atoms. The SMILES string of the molecule is Cc1cccc(C(C)C)c1NS(=O)(=O)c1nnc(NC(=O)c2ccc(Cl)cc2)s1. The second-order valence-electron chi connectivity index (χ2n) is 6.63. The summed E-state index contributed by atoms with van der Waals surface area (Å²) in [7, 11) is -3.95. The Hall–Kier alpha value is -2.49. The van der Waals surface area contributed by atoms with Crippen molar-refractivity contribution in [3.8, 4) is 0 Å². The second-order valence-corrected chi connectivity index (χ2v) is 9.90. The van der Waals surface area contributed by atoms with Gasteiger partial charge in [0.05, 0.1) is 5.69 Å². The van der Waals surface area contributed by atoms with Crippen molar-refractivity contribution in [3.05, 3.63) is 64.2 Å². The average Bonchev–Trinajstić information content (AvgIpc) is 3.13. The number of anilines is 2. The number of aromatic nitrogens is 2. The number of amides is 1. The van der Waals surface area contributed by atoms with Crippen molar-refractivity contribution in [2.24, 2.45) is 0 Å². The van der Waals surface area contributed by atoms with E-state index in [0.717, 1.165) is 22.5 Å². The fourth-order valence-corrected chi connectivity index (χ4v) is 4.81. The van der Waals surface area contributed by atoms with E-state index in [4.69, 9.17) is 11.6 Å². The molecule has 1 aromatic heterocycles. The van der Waals surface area contributed by atoms with E-state index in [0.29, 0.717) is 16.3 Å². The molecule has 2 N–H and O–H groups in total. The van der Waals surface area contributed by atoms with Gasteiger partial charge in [0.1, 0.15) is 0 Å². The Morgan fingerprint density at radius 3 is 2.45 bits per heavy atom. The van der Waals surface area contributed by atoms with E-state index >= 15 is 0 Å². The summed E-state index contributed by atoms with van der Waals surface area (Å²) in [6, 6.07) is 11.9. The van der Waals surface area contributed by atoms with Crippen LogP contribution in [0.5, 0.6) is 0 Å². The lowest BCUT2D eigenvalue weighted by molar-refractivity contribution is 0.102. The summed E-state index contributed by atoms with van der Waals surface area (Å²) in [5.74, 6) is -0.299. The first-order valence-corrected chi connectivity index (χ1v) is 11.4. The molecule has 2 aromatic carbocycles. The van der Waals surface area contributed by atoms with Crippen LogP contribution in [0.15, 0.2) is 46.8 Å². The van der Waals surface area contributed by atoms with Crippen LogP contribution in [-0.2, 0) is 10.0 Å². The Balaban J connectivity index is 1.81. The Morgan fingerprint density at radius 1 is 1.10 bits per heavy atom. The third kappa shape index (κ3) is 4.92. The summed E-state index contributed by atoms with van der Waals surface area (Å²) in [6.45, 7) is 5.81. The van der Waals surface area contributed by atoms with Crippen LogP contribution in [0, 0.1) is 6.92 Å². The number of sulfonamides is 1. The van der Waals surface area contributed by atoms with Crippen molar-refractivity contribution in [3.63, 3.8) is 0 Å². The van der Waals surface area contributed by atoms with Crippen LogP contribution < -0.4 is 10.0 Å². The van der Waals surface area contributed by atoms with Crippen LogP contribution in [0.2, 0.25) is 5.02 Å². The zero-order valence-corrected chi connectivity index (χ0v) is 18.3. The van der Waals surface area contributed by atoms with Gasteiger partial charge in [0, 0.05) is 10.6 Å². The van der Waals surface area contributed by atoms with Gasteiger partial charge in [-0.1, -0.05) is 55.0 Å². The third-order valence-corrected chi connectivity index (χ3v) is 6.93. The van der Waals surface area contributed by atoms with Gasteiger partial charge >= 0.3 is 0 Å². The van der Waals surface area contributed by atoms with Gasteiger partial charge in [-0.25, -0.2) is 0 Å². The highest BCUT2D eigenvalue weighted by Crippen LogP contribution is 2.30. The van der Waals surface area contributed by atoms with E-state index in [1.807, 2.05) is 39.0 Å². The maximum Gasteiger partial charge on any atom is 0.291 e. The third-order valence-electron chi connectivity index (χ3n) is 4.13. The van der Waals surface area contributed by atoms with E-state index in [1.165, 1.54) is 0 Å². The molecule has 0 atom stereocenters. The summed E-state index contributed by atoms with van der Waals surface area (Å²) in [5.41, 5.74) is 2.59. The molecule has 0 saturated carbocycles. The molecule has 0 aliphatic rings. The number of carbonyl (C=O) groups excluding carboxylic acids is 1. The highest BCUT2D eigenvalue weighted by Gasteiger charge is 2.23. The van der Waals surface area contributed by atoms with Crippen LogP contribution in [-0.4, -0.2) is 24.5 Å². The molecule has 0 spiro atoms. The molecule has 0 aliphatic heterocycles. The molecular weight excluding hydrogens is 432 g/mol. The lowest BCUT2D eigenvalue weighted by Crippen LogP contribution is -2.15. The van der Waals surface area contributed by atoms with E-state index in [1.54, 1.807) is 24.3 Å². The minimum atomic E-state index is -3.95. The van der Waals surface area contributed by atoms with Gasteiger partial charge in [-0.3, -0.25) is 14.8 Å². The number of nitrogens with zero attached hydrogens (tertiary/aromatic N) is 2. The Morgan fingerprint density at radius 2 is 1.79 bits per heavy atom. The van der Waals surface area contributed by atoms with Crippen molar-refractivity contribution in [1.82, 2.24) is 10.2 Å². The van der Waals surface area contributed by atoms with Crippen LogP contribution >= 0.6 is 22.9 Å². The highest BCUT2D eigenvalue weighted by atomic mass is 35.5. The lowest BCUT2D eigenvalue weighted by Gasteiger charge is -2.16. The minimum absolute atomic E-state index is 0.0826. The van der Waals surface area contributed by atoms with Gasteiger partial charge in [-0.15, -0.1) is 10.2 Å². The van der Waals surface area contributed by atoms with Gasteiger partial charge in [0.2, 0.25) is 5.13 Å². The molecule has 7 nitrogen and oxygen atoms in total. The molecule has 1 heterocycles. The molecule has 3 rings (SSSR count). The minimum Gasteiger partial charge on any atom is -0.296 e. The molecular formula is C19H19ClN4O3S2. The Bertz CT molecular complexity index is 1140. The smallest absolute Gasteiger partial charge is 0.291 e. The number of para-hydroxylation sites is 1. The molecule has 152 valence electrons. The summed E-state index contributed by atoms with van der Waals surface area (Å²) in [6.07, 6.45) is 0. The summed E-state index contributed by atoms with van der Waals surface area (Å²) >= 11 is 6.59. The van der Waals surface area contributed by atoms with Crippen LogP contribution in [0.4, 0.5) is 10.8 Å². The topological polar surface area (TPSA) is 101 Å².